The lowest BCUT2D eigenvalue weighted by Crippen LogP contribution is -2.05. The monoisotopic (exact) mass is 366 g/mol. The predicted molar refractivity (Wildman–Crippen MR) is 88.6 cm³/mol. The summed E-state index contributed by atoms with van der Waals surface area (Å²) in [6.07, 6.45) is 5.64. The molecule has 2 aromatic rings. The first-order valence-corrected chi connectivity index (χ1v) is 8.97. The van der Waals surface area contributed by atoms with Gasteiger partial charge in [-0.15, -0.1) is 10.2 Å². The van der Waals surface area contributed by atoms with Gasteiger partial charge in [-0.25, -0.2) is 0 Å². The van der Waals surface area contributed by atoms with Gasteiger partial charge >= 0.3 is 0 Å². The van der Waals surface area contributed by atoms with Crippen molar-refractivity contribution in [1.29, 1.82) is 0 Å². The minimum atomic E-state index is 0.655. The van der Waals surface area contributed by atoms with E-state index in [1.54, 1.807) is 11.8 Å². The second-order valence-corrected chi connectivity index (χ2v) is 7.18. The van der Waals surface area contributed by atoms with Crippen LogP contribution in [0.5, 0.6) is 0 Å². The number of rotatable bonds is 4. The molecule has 0 aliphatic carbocycles. The normalized spacial score (nSPS) is 14.8. The standard InChI is InChI=1S/C15H19BrN4S/c16-12-5-6-13(11(10-12)7-8-17)21-15-19-18-14-4-2-1-3-9-20(14)15/h5-6,10H,1-4,7-9,17H2. The lowest BCUT2D eigenvalue weighted by molar-refractivity contribution is 0.591. The van der Waals surface area contributed by atoms with E-state index in [4.69, 9.17) is 5.73 Å². The van der Waals surface area contributed by atoms with Crippen molar-refractivity contribution in [2.24, 2.45) is 5.73 Å². The first-order chi connectivity index (χ1) is 10.3. The highest BCUT2D eigenvalue weighted by molar-refractivity contribution is 9.10. The van der Waals surface area contributed by atoms with Crippen LogP contribution in [-0.4, -0.2) is 21.3 Å². The summed E-state index contributed by atoms with van der Waals surface area (Å²) in [7, 11) is 0. The Morgan fingerprint density at radius 3 is 3.00 bits per heavy atom. The molecule has 2 N–H and O–H groups in total. The molecular formula is C15H19BrN4S. The van der Waals surface area contributed by atoms with Crippen LogP contribution in [0.3, 0.4) is 0 Å². The van der Waals surface area contributed by atoms with E-state index < -0.39 is 0 Å². The van der Waals surface area contributed by atoms with Gasteiger partial charge in [-0.05, 0) is 61.3 Å². The summed E-state index contributed by atoms with van der Waals surface area (Å²) in [5, 5.41) is 9.76. The maximum Gasteiger partial charge on any atom is 0.196 e. The largest absolute Gasteiger partial charge is 0.330 e. The lowest BCUT2D eigenvalue weighted by atomic mass is 10.1. The van der Waals surface area contributed by atoms with Crippen molar-refractivity contribution < 1.29 is 0 Å². The zero-order valence-electron chi connectivity index (χ0n) is 11.9. The van der Waals surface area contributed by atoms with Crippen LogP contribution in [-0.2, 0) is 19.4 Å². The van der Waals surface area contributed by atoms with E-state index >= 15 is 0 Å². The Morgan fingerprint density at radius 2 is 2.14 bits per heavy atom. The summed E-state index contributed by atoms with van der Waals surface area (Å²) < 4.78 is 3.38. The molecule has 0 fully saturated rings. The number of aromatic nitrogens is 3. The molecule has 6 heteroatoms. The van der Waals surface area contributed by atoms with E-state index in [1.165, 1.54) is 29.7 Å². The number of nitrogens with zero attached hydrogens (tertiary/aromatic N) is 3. The van der Waals surface area contributed by atoms with Gasteiger partial charge in [-0.1, -0.05) is 22.4 Å². The smallest absolute Gasteiger partial charge is 0.196 e. The van der Waals surface area contributed by atoms with Crippen molar-refractivity contribution in [2.45, 2.75) is 48.7 Å². The molecule has 4 nitrogen and oxygen atoms in total. The number of benzene rings is 1. The summed E-state index contributed by atoms with van der Waals surface area (Å²) in [5.74, 6) is 1.13. The maximum absolute atomic E-state index is 5.73. The predicted octanol–water partition coefficient (Wildman–Crippen LogP) is 3.42. The Hall–Kier alpha value is -0.850. The molecule has 0 unspecified atom stereocenters. The summed E-state index contributed by atoms with van der Waals surface area (Å²) in [4.78, 5) is 1.23. The molecule has 0 radical (unpaired) electrons. The van der Waals surface area contributed by atoms with Crippen LogP contribution in [0.4, 0.5) is 0 Å². The molecule has 0 atom stereocenters. The van der Waals surface area contributed by atoms with Gasteiger partial charge in [-0.2, -0.15) is 0 Å². The number of aryl methyl sites for hydroxylation is 1. The highest BCUT2D eigenvalue weighted by atomic mass is 79.9. The summed E-state index contributed by atoms with van der Waals surface area (Å²) >= 11 is 5.24. The zero-order chi connectivity index (χ0) is 14.7. The lowest BCUT2D eigenvalue weighted by Gasteiger charge is -2.10. The molecule has 1 aliphatic rings. The number of nitrogens with two attached hydrogens (primary N) is 1. The number of fused-ring (bicyclic) bond motifs is 1. The number of halogens is 1. The zero-order valence-corrected chi connectivity index (χ0v) is 14.3. The molecule has 0 saturated heterocycles. The third-order valence-electron chi connectivity index (χ3n) is 3.71. The van der Waals surface area contributed by atoms with Gasteiger partial charge in [0, 0.05) is 22.3 Å². The van der Waals surface area contributed by atoms with Crippen LogP contribution in [0.25, 0.3) is 0 Å². The van der Waals surface area contributed by atoms with Gasteiger partial charge in [-0.3, -0.25) is 0 Å². The number of hydrogen-bond acceptors (Lipinski definition) is 4. The fourth-order valence-electron chi connectivity index (χ4n) is 2.63. The van der Waals surface area contributed by atoms with Crippen molar-refractivity contribution in [1.82, 2.24) is 14.8 Å². The summed E-state index contributed by atoms with van der Waals surface area (Å²) in [6, 6.07) is 6.36. The molecule has 2 heterocycles. The molecule has 1 aromatic heterocycles. The second kappa shape index (κ2) is 6.94. The average Bonchev–Trinajstić information content (AvgIpc) is 2.70. The molecule has 0 amide bonds. The molecule has 0 saturated carbocycles. The third-order valence-corrected chi connectivity index (χ3v) is 5.31. The fraction of sp³-hybridized carbons (Fsp3) is 0.467. The first kappa shape index (κ1) is 15.1. The molecule has 0 bridgehead atoms. The summed E-state index contributed by atoms with van der Waals surface area (Å²) in [6.45, 7) is 1.69. The van der Waals surface area contributed by atoms with Gasteiger partial charge in [0.05, 0.1) is 0 Å². The van der Waals surface area contributed by atoms with Gasteiger partial charge in [0.1, 0.15) is 5.82 Å². The van der Waals surface area contributed by atoms with E-state index in [0.717, 1.165) is 34.8 Å². The third kappa shape index (κ3) is 3.49. The molecule has 3 rings (SSSR count). The van der Waals surface area contributed by atoms with Crippen LogP contribution in [0, 0.1) is 0 Å². The minimum absolute atomic E-state index is 0.655. The molecule has 112 valence electrons. The topological polar surface area (TPSA) is 56.7 Å². The van der Waals surface area contributed by atoms with Crippen LogP contribution >= 0.6 is 27.7 Å². The van der Waals surface area contributed by atoms with E-state index in [-0.39, 0.29) is 0 Å². The van der Waals surface area contributed by atoms with Crippen LogP contribution in [0.2, 0.25) is 0 Å². The Balaban J connectivity index is 1.88. The van der Waals surface area contributed by atoms with Crippen LogP contribution < -0.4 is 5.73 Å². The number of hydrogen-bond donors (Lipinski definition) is 1. The SMILES string of the molecule is NCCc1cc(Br)ccc1Sc1nnc2n1CCCCC2. The van der Waals surface area contributed by atoms with Gasteiger partial charge < -0.3 is 10.3 Å². The van der Waals surface area contributed by atoms with E-state index in [2.05, 4.69) is 48.9 Å². The van der Waals surface area contributed by atoms with Crippen molar-refractivity contribution in [3.63, 3.8) is 0 Å². The van der Waals surface area contributed by atoms with Gasteiger partial charge in [0.15, 0.2) is 5.16 Å². The average molecular weight is 367 g/mol. The summed E-state index contributed by atoms with van der Waals surface area (Å²) in [5.41, 5.74) is 6.99. The fourth-order valence-corrected chi connectivity index (χ4v) is 4.05. The Bertz CT molecular complexity index is 626. The van der Waals surface area contributed by atoms with E-state index in [1.807, 2.05) is 0 Å². The maximum atomic E-state index is 5.73. The van der Waals surface area contributed by atoms with Crippen LogP contribution in [0.1, 0.15) is 30.7 Å². The Kier molecular flexibility index (Phi) is 4.98. The van der Waals surface area contributed by atoms with Crippen molar-refractivity contribution in [3.05, 3.63) is 34.1 Å². The van der Waals surface area contributed by atoms with Crippen molar-refractivity contribution in [3.8, 4) is 0 Å². The van der Waals surface area contributed by atoms with Gasteiger partial charge in [0.25, 0.3) is 0 Å². The van der Waals surface area contributed by atoms with E-state index in [0.29, 0.717) is 6.54 Å². The molecule has 1 aliphatic heterocycles. The van der Waals surface area contributed by atoms with Crippen molar-refractivity contribution in [2.75, 3.05) is 6.54 Å². The van der Waals surface area contributed by atoms with Gasteiger partial charge in [0.2, 0.25) is 0 Å². The highest BCUT2D eigenvalue weighted by Crippen LogP contribution is 2.32. The minimum Gasteiger partial charge on any atom is -0.330 e. The van der Waals surface area contributed by atoms with Crippen LogP contribution in [0.15, 0.2) is 32.7 Å². The second-order valence-electron chi connectivity index (χ2n) is 5.25. The molecule has 0 spiro atoms. The molecular weight excluding hydrogens is 348 g/mol. The molecule has 21 heavy (non-hydrogen) atoms. The first-order valence-electron chi connectivity index (χ1n) is 7.36. The Morgan fingerprint density at radius 1 is 1.24 bits per heavy atom. The van der Waals surface area contributed by atoms with Crippen molar-refractivity contribution >= 4 is 27.7 Å². The van der Waals surface area contributed by atoms with E-state index in [9.17, 15) is 0 Å². The Labute approximate surface area is 137 Å². The quantitative estimate of drug-likeness (QED) is 0.900. The molecule has 1 aromatic carbocycles. The highest BCUT2D eigenvalue weighted by Gasteiger charge is 2.16.